The molecule has 3 heterocycles. The smallest absolute Gasteiger partial charge is 0.240 e. The summed E-state index contributed by atoms with van der Waals surface area (Å²) >= 11 is 0. The van der Waals surface area contributed by atoms with Crippen molar-refractivity contribution in [2.75, 3.05) is 13.2 Å². The number of carbonyl (C=O) groups is 1. The maximum Gasteiger partial charge on any atom is 0.240 e. The van der Waals surface area contributed by atoms with Gasteiger partial charge in [0.25, 0.3) is 0 Å². The molecule has 2 aliphatic heterocycles. The normalized spacial score (nSPS) is 18.1. The molecule has 6 heteroatoms. The average Bonchev–Trinajstić information content (AvgIpc) is 3.22. The maximum absolute atomic E-state index is 13.0. The Hall–Kier alpha value is -2.18. The van der Waals surface area contributed by atoms with Crippen molar-refractivity contribution in [3.05, 3.63) is 52.8 Å². The summed E-state index contributed by atoms with van der Waals surface area (Å²) < 4.78 is 1.81. The second-order valence-electron chi connectivity index (χ2n) is 6.92. The van der Waals surface area contributed by atoms with E-state index in [-0.39, 0.29) is 18.6 Å². The Morgan fingerprint density at radius 2 is 2.00 bits per heavy atom. The average molecular weight is 340 g/mol. The van der Waals surface area contributed by atoms with Gasteiger partial charge in [-0.2, -0.15) is 5.10 Å². The van der Waals surface area contributed by atoms with Gasteiger partial charge in [-0.3, -0.25) is 14.4 Å². The van der Waals surface area contributed by atoms with E-state index in [4.69, 9.17) is 5.11 Å². The van der Waals surface area contributed by atoms with Gasteiger partial charge in [0.15, 0.2) is 0 Å². The van der Waals surface area contributed by atoms with Crippen LogP contribution in [0.5, 0.6) is 0 Å². The van der Waals surface area contributed by atoms with Gasteiger partial charge in [0.1, 0.15) is 0 Å². The summed E-state index contributed by atoms with van der Waals surface area (Å²) in [7, 11) is 0. The number of hydrogen-bond donors (Lipinski definition) is 1. The zero-order valence-electron chi connectivity index (χ0n) is 14.6. The molecule has 1 aromatic heterocycles. The summed E-state index contributed by atoms with van der Waals surface area (Å²) in [6.07, 6.45) is 2.82. The van der Waals surface area contributed by atoms with Crippen LogP contribution in [0, 0.1) is 0 Å². The molecule has 0 unspecified atom stereocenters. The topological polar surface area (TPSA) is 61.6 Å². The molecule has 0 saturated heterocycles. The fourth-order valence-corrected chi connectivity index (χ4v) is 3.92. The Morgan fingerprint density at radius 3 is 2.80 bits per heavy atom. The van der Waals surface area contributed by atoms with Crippen LogP contribution in [0.4, 0.5) is 0 Å². The highest BCUT2D eigenvalue weighted by Crippen LogP contribution is 2.26. The number of rotatable bonds is 4. The van der Waals surface area contributed by atoms with Gasteiger partial charge in [-0.05, 0) is 24.5 Å². The lowest BCUT2D eigenvalue weighted by Gasteiger charge is -2.34. The summed E-state index contributed by atoms with van der Waals surface area (Å²) in [6.45, 7) is 5.52. The SMILES string of the molecule is C[C@@H](C(=O)N1Cc2cnn(CCO)c2C1)N1CCc2ccccc2C1. The first-order chi connectivity index (χ1) is 12.2. The lowest BCUT2D eigenvalue weighted by Crippen LogP contribution is -2.47. The second-order valence-corrected chi connectivity index (χ2v) is 6.92. The van der Waals surface area contributed by atoms with Gasteiger partial charge in [0, 0.05) is 25.2 Å². The minimum atomic E-state index is -0.128. The molecule has 25 heavy (non-hydrogen) atoms. The van der Waals surface area contributed by atoms with Crippen LogP contribution in [0.1, 0.15) is 29.3 Å². The summed E-state index contributed by atoms with van der Waals surface area (Å²) in [4.78, 5) is 17.2. The largest absolute Gasteiger partial charge is 0.394 e. The van der Waals surface area contributed by atoms with Crippen molar-refractivity contribution < 1.29 is 9.90 Å². The van der Waals surface area contributed by atoms with E-state index in [2.05, 4.69) is 34.3 Å². The van der Waals surface area contributed by atoms with E-state index < -0.39 is 0 Å². The molecule has 0 radical (unpaired) electrons. The highest BCUT2D eigenvalue weighted by atomic mass is 16.3. The van der Waals surface area contributed by atoms with Crippen molar-refractivity contribution in [1.29, 1.82) is 0 Å². The van der Waals surface area contributed by atoms with E-state index in [1.807, 2.05) is 22.7 Å². The van der Waals surface area contributed by atoms with E-state index >= 15 is 0 Å². The molecule has 1 N–H and O–H groups in total. The Balaban J connectivity index is 1.44. The van der Waals surface area contributed by atoms with Crippen LogP contribution in [-0.2, 0) is 37.4 Å². The van der Waals surface area contributed by atoms with Crippen LogP contribution < -0.4 is 0 Å². The highest BCUT2D eigenvalue weighted by molar-refractivity contribution is 5.82. The molecule has 4 rings (SSSR count). The zero-order chi connectivity index (χ0) is 17.4. The van der Waals surface area contributed by atoms with Crippen LogP contribution >= 0.6 is 0 Å². The molecule has 1 amide bonds. The maximum atomic E-state index is 13.0. The molecule has 0 aliphatic carbocycles. The molecular formula is C19H24N4O2. The number of aromatic nitrogens is 2. The number of aliphatic hydroxyl groups is 1. The first kappa shape index (κ1) is 16.3. The number of nitrogens with zero attached hydrogens (tertiary/aromatic N) is 4. The first-order valence-electron chi connectivity index (χ1n) is 8.91. The van der Waals surface area contributed by atoms with Gasteiger partial charge in [-0.25, -0.2) is 0 Å². The Bertz CT molecular complexity index is 785. The van der Waals surface area contributed by atoms with Gasteiger partial charge in [-0.1, -0.05) is 24.3 Å². The minimum absolute atomic E-state index is 0.0612. The number of amides is 1. The van der Waals surface area contributed by atoms with E-state index in [1.165, 1.54) is 11.1 Å². The minimum Gasteiger partial charge on any atom is -0.394 e. The number of benzene rings is 1. The number of aliphatic hydroxyl groups excluding tert-OH is 1. The van der Waals surface area contributed by atoms with Crippen LogP contribution in [0.3, 0.4) is 0 Å². The third-order valence-electron chi connectivity index (χ3n) is 5.43. The first-order valence-corrected chi connectivity index (χ1v) is 8.91. The van der Waals surface area contributed by atoms with Gasteiger partial charge >= 0.3 is 0 Å². The fourth-order valence-electron chi connectivity index (χ4n) is 3.92. The molecule has 132 valence electrons. The van der Waals surface area contributed by atoms with Gasteiger partial charge in [-0.15, -0.1) is 0 Å². The monoisotopic (exact) mass is 340 g/mol. The standard InChI is InChI=1S/C19H24N4O2/c1-14(21-7-6-15-4-2-3-5-16(15)11-21)19(25)22-12-17-10-20-23(8-9-24)18(17)13-22/h2-5,10,14,24H,6-9,11-13H2,1H3/t14-/m0/s1. The summed E-state index contributed by atoms with van der Waals surface area (Å²) in [6, 6.07) is 8.37. The van der Waals surface area contributed by atoms with E-state index in [1.54, 1.807) is 0 Å². The van der Waals surface area contributed by atoms with Crippen molar-refractivity contribution in [2.45, 2.75) is 45.6 Å². The third kappa shape index (κ3) is 2.96. The highest BCUT2D eigenvalue weighted by Gasteiger charge is 2.33. The zero-order valence-corrected chi connectivity index (χ0v) is 14.6. The number of fused-ring (bicyclic) bond motifs is 2. The Kier molecular flexibility index (Phi) is 4.31. The van der Waals surface area contributed by atoms with Crippen LogP contribution in [0.15, 0.2) is 30.5 Å². The predicted molar refractivity (Wildman–Crippen MR) is 93.6 cm³/mol. The number of hydrogen-bond acceptors (Lipinski definition) is 4. The van der Waals surface area contributed by atoms with Crippen molar-refractivity contribution in [3.8, 4) is 0 Å². The molecule has 0 bridgehead atoms. The van der Waals surface area contributed by atoms with Gasteiger partial charge in [0.2, 0.25) is 5.91 Å². The summed E-state index contributed by atoms with van der Waals surface area (Å²) in [5, 5.41) is 13.4. The van der Waals surface area contributed by atoms with Crippen molar-refractivity contribution in [3.63, 3.8) is 0 Å². The third-order valence-corrected chi connectivity index (χ3v) is 5.43. The fraction of sp³-hybridized carbons (Fsp3) is 0.474. The molecule has 0 saturated carbocycles. The van der Waals surface area contributed by atoms with Gasteiger partial charge in [0.05, 0.1) is 37.6 Å². The number of carbonyl (C=O) groups excluding carboxylic acids is 1. The van der Waals surface area contributed by atoms with E-state index in [0.717, 1.165) is 30.8 Å². The van der Waals surface area contributed by atoms with Crippen molar-refractivity contribution in [2.24, 2.45) is 0 Å². The summed E-state index contributed by atoms with van der Waals surface area (Å²) in [5.74, 6) is 0.172. The molecule has 0 spiro atoms. The quantitative estimate of drug-likeness (QED) is 0.907. The van der Waals surface area contributed by atoms with Crippen LogP contribution in [-0.4, -0.2) is 49.8 Å². The molecule has 2 aromatic rings. The molecule has 1 aromatic carbocycles. The van der Waals surface area contributed by atoms with Gasteiger partial charge < -0.3 is 10.0 Å². The Morgan fingerprint density at radius 1 is 1.20 bits per heavy atom. The van der Waals surface area contributed by atoms with Crippen molar-refractivity contribution in [1.82, 2.24) is 19.6 Å². The van der Waals surface area contributed by atoms with Crippen molar-refractivity contribution >= 4 is 5.91 Å². The van der Waals surface area contributed by atoms with E-state index in [9.17, 15) is 4.79 Å². The molecule has 0 fully saturated rings. The van der Waals surface area contributed by atoms with Crippen LogP contribution in [0.25, 0.3) is 0 Å². The molecule has 1 atom stereocenters. The lowest BCUT2D eigenvalue weighted by molar-refractivity contribution is -0.137. The van der Waals surface area contributed by atoms with Crippen LogP contribution in [0.2, 0.25) is 0 Å². The molecule has 2 aliphatic rings. The molecule has 6 nitrogen and oxygen atoms in total. The second kappa shape index (κ2) is 6.61. The summed E-state index contributed by atoms with van der Waals surface area (Å²) in [5.41, 5.74) is 4.88. The lowest BCUT2D eigenvalue weighted by atomic mass is 9.98. The predicted octanol–water partition coefficient (Wildman–Crippen LogP) is 1.16. The molecular weight excluding hydrogens is 316 g/mol. The van der Waals surface area contributed by atoms with E-state index in [0.29, 0.717) is 19.6 Å². The Labute approximate surface area is 147 Å².